The van der Waals surface area contributed by atoms with Gasteiger partial charge in [-0.2, -0.15) is 0 Å². The Balaban J connectivity index is 1.67. The van der Waals surface area contributed by atoms with Gasteiger partial charge in [-0.3, -0.25) is 4.79 Å². The number of nitrogens with one attached hydrogen (secondary N) is 2. The topological polar surface area (TPSA) is 50.4 Å². The molecule has 80 valence electrons. The molecule has 0 aromatic carbocycles. The number of rotatable bonds is 4. The standard InChI is InChI=1S/C10H18N2O2/c1-10(4-5-14-7-10)11-6-9(13)12-8-2-3-8/h8,11H,2-7H2,1H3,(H,12,13). The van der Waals surface area contributed by atoms with Gasteiger partial charge in [0.25, 0.3) is 0 Å². The predicted octanol–water partition coefficient (Wildman–Crippen LogP) is 0.0336. The van der Waals surface area contributed by atoms with Gasteiger partial charge in [-0.1, -0.05) is 0 Å². The summed E-state index contributed by atoms with van der Waals surface area (Å²) in [5, 5.41) is 6.21. The molecule has 2 fully saturated rings. The molecule has 1 saturated carbocycles. The molecule has 0 aromatic heterocycles. The third-order valence-corrected chi connectivity index (χ3v) is 2.84. The molecule has 0 aromatic rings. The number of carbonyl (C=O) groups is 1. The Kier molecular flexibility index (Phi) is 2.74. The van der Waals surface area contributed by atoms with E-state index in [1.165, 1.54) is 0 Å². The van der Waals surface area contributed by atoms with Crippen LogP contribution in [0.1, 0.15) is 26.2 Å². The van der Waals surface area contributed by atoms with E-state index in [9.17, 15) is 4.79 Å². The molecule has 4 nitrogen and oxygen atoms in total. The molecule has 0 bridgehead atoms. The molecule has 0 spiro atoms. The Morgan fingerprint density at radius 2 is 2.36 bits per heavy atom. The molecular weight excluding hydrogens is 180 g/mol. The van der Waals surface area contributed by atoms with Crippen molar-refractivity contribution in [2.24, 2.45) is 0 Å². The quantitative estimate of drug-likeness (QED) is 0.670. The number of carbonyl (C=O) groups excluding carboxylic acids is 1. The monoisotopic (exact) mass is 198 g/mol. The van der Waals surface area contributed by atoms with Crippen LogP contribution in [0.3, 0.4) is 0 Å². The molecular formula is C10H18N2O2. The first-order valence-corrected chi connectivity index (χ1v) is 5.30. The van der Waals surface area contributed by atoms with Crippen molar-refractivity contribution in [1.29, 1.82) is 0 Å². The number of hydrogen-bond donors (Lipinski definition) is 2. The summed E-state index contributed by atoms with van der Waals surface area (Å²) in [4.78, 5) is 11.4. The average molecular weight is 198 g/mol. The van der Waals surface area contributed by atoms with Gasteiger partial charge in [0.1, 0.15) is 0 Å². The maximum atomic E-state index is 11.4. The number of ether oxygens (including phenoxy) is 1. The van der Waals surface area contributed by atoms with Crippen molar-refractivity contribution in [2.45, 2.75) is 37.8 Å². The molecule has 1 atom stereocenters. The average Bonchev–Trinajstić information content (AvgIpc) is 2.85. The Hall–Kier alpha value is -0.610. The molecule has 14 heavy (non-hydrogen) atoms. The van der Waals surface area contributed by atoms with E-state index in [-0.39, 0.29) is 11.4 Å². The summed E-state index contributed by atoms with van der Waals surface area (Å²) in [6.45, 7) is 4.03. The second kappa shape index (κ2) is 3.87. The van der Waals surface area contributed by atoms with Crippen LogP contribution in [0.25, 0.3) is 0 Å². The lowest BCUT2D eigenvalue weighted by Crippen LogP contribution is -2.48. The summed E-state index contributed by atoms with van der Waals surface area (Å²) >= 11 is 0. The number of hydrogen-bond acceptors (Lipinski definition) is 3. The Bertz CT molecular complexity index is 220. The molecule has 1 aliphatic carbocycles. The second-order valence-corrected chi connectivity index (χ2v) is 4.56. The molecule has 1 heterocycles. The maximum absolute atomic E-state index is 11.4. The molecule has 2 N–H and O–H groups in total. The molecule has 1 aliphatic heterocycles. The minimum absolute atomic E-state index is 0.000884. The fraction of sp³-hybridized carbons (Fsp3) is 0.900. The van der Waals surface area contributed by atoms with Crippen molar-refractivity contribution >= 4 is 5.91 Å². The summed E-state index contributed by atoms with van der Waals surface area (Å²) in [5.74, 6) is 0.112. The smallest absolute Gasteiger partial charge is 0.234 e. The summed E-state index contributed by atoms with van der Waals surface area (Å²) < 4.78 is 5.29. The minimum Gasteiger partial charge on any atom is -0.379 e. The van der Waals surface area contributed by atoms with Crippen LogP contribution in [-0.4, -0.2) is 37.2 Å². The Morgan fingerprint density at radius 1 is 1.57 bits per heavy atom. The summed E-state index contributed by atoms with van der Waals surface area (Å²) in [7, 11) is 0. The van der Waals surface area contributed by atoms with Crippen molar-refractivity contribution < 1.29 is 9.53 Å². The maximum Gasteiger partial charge on any atom is 0.234 e. The summed E-state index contributed by atoms with van der Waals surface area (Å²) in [5.41, 5.74) is 0.000884. The molecule has 1 amide bonds. The number of amides is 1. The summed E-state index contributed by atoms with van der Waals surface area (Å²) in [6.07, 6.45) is 3.28. The summed E-state index contributed by atoms with van der Waals surface area (Å²) in [6, 6.07) is 0.455. The highest BCUT2D eigenvalue weighted by atomic mass is 16.5. The molecule has 4 heteroatoms. The fourth-order valence-corrected chi connectivity index (χ4v) is 1.61. The molecule has 1 saturated heterocycles. The zero-order valence-electron chi connectivity index (χ0n) is 8.64. The van der Waals surface area contributed by atoms with Gasteiger partial charge in [0.15, 0.2) is 0 Å². The molecule has 2 aliphatic rings. The third kappa shape index (κ3) is 2.69. The molecule has 0 radical (unpaired) electrons. The van der Waals surface area contributed by atoms with E-state index in [0.29, 0.717) is 19.2 Å². The van der Waals surface area contributed by atoms with Gasteiger partial charge in [-0.05, 0) is 26.2 Å². The van der Waals surface area contributed by atoms with Gasteiger partial charge in [0.05, 0.1) is 13.2 Å². The van der Waals surface area contributed by atoms with Crippen molar-refractivity contribution in [1.82, 2.24) is 10.6 Å². The Morgan fingerprint density at radius 3 is 2.93 bits per heavy atom. The first-order chi connectivity index (χ1) is 6.68. The molecule has 2 rings (SSSR count). The van der Waals surface area contributed by atoms with Gasteiger partial charge in [0, 0.05) is 18.2 Å². The van der Waals surface area contributed by atoms with Gasteiger partial charge >= 0.3 is 0 Å². The van der Waals surface area contributed by atoms with Crippen molar-refractivity contribution in [3.63, 3.8) is 0 Å². The fourth-order valence-electron chi connectivity index (χ4n) is 1.61. The van der Waals surface area contributed by atoms with E-state index in [4.69, 9.17) is 4.74 Å². The van der Waals surface area contributed by atoms with Crippen molar-refractivity contribution in [3.05, 3.63) is 0 Å². The van der Waals surface area contributed by atoms with Crippen LogP contribution in [0.4, 0.5) is 0 Å². The van der Waals surface area contributed by atoms with E-state index < -0.39 is 0 Å². The van der Waals surface area contributed by atoms with E-state index in [1.54, 1.807) is 0 Å². The second-order valence-electron chi connectivity index (χ2n) is 4.56. The minimum atomic E-state index is 0.000884. The van der Waals surface area contributed by atoms with Gasteiger partial charge in [-0.25, -0.2) is 0 Å². The van der Waals surface area contributed by atoms with E-state index in [2.05, 4.69) is 17.6 Å². The van der Waals surface area contributed by atoms with Gasteiger partial charge < -0.3 is 15.4 Å². The van der Waals surface area contributed by atoms with Crippen LogP contribution in [-0.2, 0) is 9.53 Å². The van der Waals surface area contributed by atoms with E-state index in [0.717, 1.165) is 25.9 Å². The van der Waals surface area contributed by atoms with Crippen LogP contribution in [0.15, 0.2) is 0 Å². The SMILES string of the molecule is CC1(NCC(=O)NC2CC2)CCOC1. The van der Waals surface area contributed by atoms with Gasteiger partial charge in [-0.15, -0.1) is 0 Å². The molecule has 1 unspecified atom stereocenters. The largest absolute Gasteiger partial charge is 0.379 e. The van der Waals surface area contributed by atoms with Crippen LogP contribution in [0.2, 0.25) is 0 Å². The lowest BCUT2D eigenvalue weighted by atomic mass is 10.0. The zero-order chi connectivity index (χ0) is 10.0. The lowest BCUT2D eigenvalue weighted by molar-refractivity contribution is -0.120. The third-order valence-electron chi connectivity index (χ3n) is 2.84. The normalized spacial score (nSPS) is 31.8. The van der Waals surface area contributed by atoms with Crippen LogP contribution in [0.5, 0.6) is 0 Å². The van der Waals surface area contributed by atoms with Gasteiger partial charge in [0.2, 0.25) is 5.91 Å². The van der Waals surface area contributed by atoms with Crippen molar-refractivity contribution in [2.75, 3.05) is 19.8 Å². The predicted molar refractivity (Wildman–Crippen MR) is 53.0 cm³/mol. The van der Waals surface area contributed by atoms with Crippen LogP contribution >= 0.6 is 0 Å². The highest BCUT2D eigenvalue weighted by molar-refractivity contribution is 5.78. The Labute approximate surface area is 84.4 Å². The first-order valence-electron chi connectivity index (χ1n) is 5.30. The first kappa shape index (κ1) is 9.93. The highest BCUT2D eigenvalue weighted by Crippen LogP contribution is 2.19. The van der Waals surface area contributed by atoms with Crippen LogP contribution in [0, 0.1) is 0 Å². The van der Waals surface area contributed by atoms with E-state index in [1.807, 2.05) is 0 Å². The van der Waals surface area contributed by atoms with Crippen LogP contribution < -0.4 is 10.6 Å². The lowest BCUT2D eigenvalue weighted by Gasteiger charge is -2.23. The van der Waals surface area contributed by atoms with Crippen molar-refractivity contribution in [3.8, 4) is 0 Å². The zero-order valence-corrected chi connectivity index (χ0v) is 8.64. The van der Waals surface area contributed by atoms with E-state index >= 15 is 0 Å². The highest BCUT2D eigenvalue weighted by Gasteiger charge is 2.30.